The standard InChI is InChI=1S/C12H14BrClO/c13-8-12(15-11-5-2-6-11)9-3-1-4-10(14)7-9/h1,3-4,7,11-12H,2,5-6,8H2. The number of hydrogen-bond acceptors (Lipinski definition) is 1. The summed E-state index contributed by atoms with van der Waals surface area (Å²) in [5.74, 6) is 0. The summed E-state index contributed by atoms with van der Waals surface area (Å²) in [5.41, 5.74) is 1.16. The molecule has 1 fully saturated rings. The molecule has 0 saturated heterocycles. The average Bonchev–Trinajstić information content (AvgIpc) is 2.16. The van der Waals surface area contributed by atoms with Gasteiger partial charge in [0.1, 0.15) is 0 Å². The number of alkyl halides is 1. The molecular formula is C12H14BrClO. The van der Waals surface area contributed by atoms with E-state index in [4.69, 9.17) is 16.3 Å². The maximum Gasteiger partial charge on any atom is 0.0925 e. The molecule has 0 aliphatic heterocycles. The van der Waals surface area contributed by atoms with Gasteiger partial charge in [0.15, 0.2) is 0 Å². The average molecular weight is 290 g/mol. The fourth-order valence-corrected chi connectivity index (χ4v) is 2.38. The molecule has 1 unspecified atom stereocenters. The van der Waals surface area contributed by atoms with Crippen LogP contribution in [0.5, 0.6) is 0 Å². The van der Waals surface area contributed by atoms with Crippen LogP contribution in [-0.4, -0.2) is 11.4 Å². The van der Waals surface area contributed by atoms with Gasteiger partial charge in [0, 0.05) is 10.4 Å². The summed E-state index contributed by atoms with van der Waals surface area (Å²) in [7, 11) is 0. The lowest BCUT2D eigenvalue weighted by atomic mass is 9.96. The number of halogens is 2. The van der Waals surface area contributed by atoms with Crippen molar-refractivity contribution >= 4 is 27.5 Å². The number of rotatable bonds is 4. The summed E-state index contributed by atoms with van der Waals surface area (Å²) in [6.07, 6.45) is 4.28. The summed E-state index contributed by atoms with van der Waals surface area (Å²) in [5, 5.41) is 1.60. The Morgan fingerprint density at radius 2 is 2.27 bits per heavy atom. The van der Waals surface area contributed by atoms with Crippen LogP contribution in [0.25, 0.3) is 0 Å². The van der Waals surface area contributed by atoms with E-state index in [1.165, 1.54) is 19.3 Å². The van der Waals surface area contributed by atoms with Gasteiger partial charge >= 0.3 is 0 Å². The summed E-state index contributed by atoms with van der Waals surface area (Å²) < 4.78 is 5.97. The Labute approximate surface area is 104 Å². The van der Waals surface area contributed by atoms with Crippen molar-refractivity contribution < 1.29 is 4.74 Å². The molecule has 1 aliphatic carbocycles. The van der Waals surface area contributed by atoms with Gasteiger partial charge in [-0.05, 0) is 37.0 Å². The zero-order valence-corrected chi connectivity index (χ0v) is 10.8. The van der Waals surface area contributed by atoms with Crippen molar-refractivity contribution in [1.82, 2.24) is 0 Å². The lowest BCUT2D eigenvalue weighted by Crippen LogP contribution is -2.24. The highest BCUT2D eigenvalue weighted by molar-refractivity contribution is 9.09. The summed E-state index contributed by atoms with van der Waals surface area (Å²) >= 11 is 9.45. The van der Waals surface area contributed by atoms with Crippen LogP contribution in [0.4, 0.5) is 0 Å². The Balaban J connectivity index is 2.04. The van der Waals surface area contributed by atoms with Gasteiger partial charge in [-0.2, -0.15) is 0 Å². The van der Waals surface area contributed by atoms with Crippen molar-refractivity contribution in [3.05, 3.63) is 34.9 Å². The predicted octanol–water partition coefficient (Wildman–Crippen LogP) is 4.35. The molecule has 0 bridgehead atoms. The molecule has 82 valence electrons. The van der Waals surface area contributed by atoms with Crippen molar-refractivity contribution in [2.75, 3.05) is 5.33 Å². The zero-order valence-electron chi connectivity index (χ0n) is 8.46. The van der Waals surface area contributed by atoms with Gasteiger partial charge in [-0.25, -0.2) is 0 Å². The first-order valence-corrected chi connectivity index (χ1v) is 6.76. The third kappa shape index (κ3) is 2.96. The van der Waals surface area contributed by atoms with E-state index in [1.54, 1.807) is 0 Å². The minimum atomic E-state index is 0.133. The molecule has 0 aromatic heterocycles. The second-order valence-corrected chi connectivity index (χ2v) is 4.97. The van der Waals surface area contributed by atoms with Gasteiger partial charge in [0.25, 0.3) is 0 Å². The van der Waals surface area contributed by atoms with Crippen molar-refractivity contribution in [1.29, 1.82) is 0 Å². The van der Waals surface area contributed by atoms with Gasteiger partial charge in [-0.15, -0.1) is 0 Å². The Bertz CT molecular complexity index is 325. The summed E-state index contributed by atoms with van der Waals surface area (Å²) in [6, 6.07) is 7.90. The smallest absolute Gasteiger partial charge is 0.0925 e. The van der Waals surface area contributed by atoms with Crippen LogP contribution in [0.3, 0.4) is 0 Å². The Kier molecular flexibility index (Phi) is 4.06. The van der Waals surface area contributed by atoms with E-state index >= 15 is 0 Å². The second-order valence-electron chi connectivity index (χ2n) is 3.89. The van der Waals surface area contributed by atoms with E-state index in [9.17, 15) is 0 Å². The molecule has 1 nitrogen and oxygen atoms in total. The summed E-state index contributed by atoms with van der Waals surface area (Å²) in [4.78, 5) is 0. The van der Waals surface area contributed by atoms with E-state index in [0.29, 0.717) is 6.10 Å². The van der Waals surface area contributed by atoms with Crippen LogP contribution >= 0.6 is 27.5 Å². The van der Waals surface area contributed by atoms with Gasteiger partial charge < -0.3 is 4.74 Å². The third-order valence-electron chi connectivity index (χ3n) is 2.77. The van der Waals surface area contributed by atoms with E-state index in [1.807, 2.05) is 18.2 Å². The first kappa shape index (κ1) is 11.4. The zero-order chi connectivity index (χ0) is 10.7. The molecule has 1 aromatic rings. The van der Waals surface area contributed by atoms with Crippen LogP contribution in [0.1, 0.15) is 30.9 Å². The maximum absolute atomic E-state index is 5.97. The van der Waals surface area contributed by atoms with Crippen molar-refractivity contribution in [3.63, 3.8) is 0 Å². The maximum atomic E-state index is 5.97. The number of hydrogen-bond donors (Lipinski definition) is 0. The van der Waals surface area contributed by atoms with Crippen LogP contribution in [-0.2, 0) is 4.74 Å². The fourth-order valence-electron chi connectivity index (χ4n) is 1.65. The minimum Gasteiger partial charge on any atom is -0.369 e. The number of benzene rings is 1. The quantitative estimate of drug-likeness (QED) is 0.749. The molecule has 0 spiro atoms. The molecule has 1 aromatic carbocycles. The second kappa shape index (κ2) is 5.33. The molecular weight excluding hydrogens is 275 g/mol. The lowest BCUT2D eigenvalue weighted by molar-refractivity contribution is -0.0418. The molecule has 1 atom stereocenters. The van der Waals surface area contributed by atoms with Crippen molar-refractivity contribution in [2.24, 2.45) is 0 Å². The van der Waals surface area contributed by atoms with E-state index in [2.05, 4.69) is 22.0 Å². The lowest BCUT2D eigenvalue weighted by Gasteiger charge is -2.30. The van der Waals surface area contributed by atoms with Gasteiger partial charge in [0.05, 0.1) is 12.2 Å². The van der Waals surface area contributed by atoms with E-state index < -0.39 is 0 Å². The van der Waals surface area contributed by atoms with Crippen LogP contribution in [0, 0.1) is 0 Å². The molecule has 1 saturated carbocycles. The monoisotopic (exact) mass is 288 g/mol. The highest BCUT2D eigenvalue weighted by atomic mass is 79.9. The third-order valence-corrected chi connectivity index (χ3v) is 3.59. The van der Waals surface area contributed by atoms with Crippen LogP contribution in [0.2, 0.25) is 5.02 Å². The molecule has 0 amide bonds. The van der Waals surface area contributed by atoms with Gasteiger partial charge in [-0.1, -0.05) is 39.7 Å². The highest BCUT2D eigenvalue weighted by Crippen LogP contribution is 2.30. The number of ether oxygens (including phenoxy) is 1. The Hall–Kier alpha value is -0.0500. The highest BCUT2D eigenvalue weighted by Gasteiger charge is 2.22. The Morgan fingerprint density at radius 1 is 1.47 bits per heavy atom. The van der Waals surface area contributed by atoms with Crippen LogP contribution in [0.15, 0.2) is 24.3 Å². The van der Waals surface area contributed by atoms with E-state index in [-0.39, 0.29) is 6.10 Å². The van der Waals surface area contributed by atoms with Crippen molar-refractivity contribution in [2.45, 2.75) is 31.5 Å². The first-order valence-electron chi connectivity index (χ1n) is 5.26. The molecule has 0 N–H and O–H groups in total. The van der Waals surface area contributed by atoms with Crippen LogP contribution < -0.4 is 0 Å². The van der Waals surface area contributed by atoms with E-state index in [0.717, 1.165) is 15.9 Å². The molecule has 0 radical (unpaired) electrons. The van der Waals surface area contributed by atoms with Gasteiger partial charge in [0.2, 0.25) is 0 Å². The molecule has 15 heavy (non-hydrogen) atoms. The fraction of sp³-hybridized carbons (Fsp3) is 0.500. The molecule has 2 rings (SSSR count). The molecule has 1 aliphatic rings. The van der Waals surface area contributed by atoms with Gasteiger partial charge in [-0.3, -0.25) is 0 Å². The molecule has 3 heteroatoms. The molecule has 0 heterocycles. The van der Waals surface area contributed by atoms with Crippen molar-refractivity contribution in [3.8, 4) is 0 Å². The topological polar surface area (TPSA) is 9.23 Å². The largest absolute Gasteiger partial charge is 0.369 e. The SMILES string of the molecule is Clc1cccc(C(CBr)OC2CCC2)c1. The Morgan fingerprint density at radius 3 is 2.80 bits per heavy atom. The first-order chi connectivity index (χ1) is 7.29. The summed E-state index contributed by atoms with van der Waals surface area (Å²) in [6.45, 7) is 0. The normalized spacial score (nSPS) is 18.5. The minimum absolute atomic E-state index is 0.133. The predicted molar refractivity (Wildman–Crippen MR) is 66.7 cm³/mol.